The molecule has 0 amide bonds. The molecule has 1 atom stereocenters. The van der Waals surface area contributed by atoms with Gasteiger partial charge in [-0.3, -0.25) is 4.90 Å². The molecule has 1 aliphatic heterocycles. The van der Waals surface area contributed by atoms with E-state index in [1.54, 1.807) is 12.1 Å². The van der Waals surface area contributed by atoms with E-state index in [0.717, 1.165) is 32.6 Å². The van der Waals surface area contributed by atoms with E-state index in [1.807, 2.05) is 0 Å². The lowest BCUT2D eigenvalue weighted by Crippen LogP contribution is -2.49. The number of nitrogens with zero attached hydrogens (tertiary/aromatic N) is 2. The zero-order chi connectivity index (χ0) is 13.1. The first-order valence-corrected chi connectivity index (χ1v) is 6.66. The monoisotopic (exact) mass is 251 g/mol. The molecule has 1 aliphatic rings. The van der Waals surface area contributed by atoms with Crippen molar-refractivity contribution in [2.75, 3.05) is 36.8 Å². The predicted octanol–water partition coefficient (Wildman–Crippen LogP) is 2.33. The Kier molecular flexibility index (Phi) is 4.07. The number of benzene rings is 1. The third kappa shape index (κ3) is 2.58. The van der Waals surface area contributed by atoms with Gasteiger partial charge in [0.25, 0.3) is 0 Å². The quantitative estimate of drug-likeness (QED) is 0.837. The van der Waals surface area contributed by atoms with E-state index in [-0.39, 0.29) is 5.82 Å². The zero-order valence-electron chi connectivity index (χ0n) is 11.2. The Hall–Kier alpha value is -1.29. The van der Waals surface area contributed by atoms with E-state index >= 15 is 0 Å². The normalized spacial score (nSPS) is 18.9. The van der Waals surface area contributed by atoms with Crippen LogP contribution >= 0.6 is 0 Å². The second kappa shape index (κ2) is 5.57. The highest BCUT2D eigenvalue weighted by Gasteiger charge is 2.23. The van der Waals surface area contributed by atoms with Crippen molar-refractivity contribution in [3.63, 3.8) is 0 Å². The number of hydrogen-bond donors (Lipinski definition) is 1. The number of para-hydroxylation sites is 1. The number of piperazine rings is 1. The van der Waals surface area contributed by atoms with Gasteiger partial charge in [0.05, 0.1) is 11.4 Å². The lowest BCUT2D eigenvalue weighted by Gasteiger charge is -2.39. The molecule has 1 aromatic carbocycles. The third-order valence-corrected chi connectivity index (χ3v) is 3.86. The minimum Gasteiger partial charge on any atom is -0.397 e. The van der Waals surface area contributed by atoms with Crippen LogP contribution in [-0.2, 0) is 0 Å². The van der Waals surface area contributed by atoms with Gasteiger partial charge in [0.15, 0.2) is 0 Å². The van der Waals surface area contributed by atoms with Crippen molar-refractivity contribution >= 4 is 11.4 Å². The lowest BCUT2D eigenvalue weighted by molar-refractivity contribution is 0.192. The van der Waals surface area contributed by atoms with Gasteiger partial charge >= 0.3 is 0 Å². The first-order valence-electron chi connectivity index (χ1n) is 6.66. The minimum absolute atomic E-state index is 0.216. The second-order valence-corrected chi connectivity index (χ2v) is 4.96. The number of halogens is 1. The number of anilines is 2. The summed E-state index contributed by atoms with van der Waals surface area (Å²) in [5, 5.41) is 0. The van der Waals surface area contributed by atoms with Crippen LogP contribution in [0.1, 0.15) is 20.3 Å². The summed E-state index contributed by atoms with van der Waals surface area (Å²) >= 11 is 0. The maximum absolute atomic E-state index is 13.8. The molecule has 0 aromatic heterocycles. The van der Waals surface area contributed by atoms with E-state index in [0.29, 0.717) is 17.4 Å². The fourth-order valence-corrected chi connectivity index (χ4v) is 2.51. The maximum Gasteiger partial charge on any atom is 0.148 e. The van der Waals surface area contributed by atoms with E-state index in [1.165, 1.54) is 6.07 Å². The van der Waals surface area contributed by atoms with Crippen LogP contribution in [0.5, 0.6) is 0 Å². The number of nitrogen functional groups attached to an aromatic ring is 1. The first kappa shape index (κ1) is 13.1. The topological polar surface area (TPSA) is 32.5 Å². The average molecular weight is 251 g/mol. The Labute approximate surface area is 108 Å². The summed E-state index contributed by atoms with van der Waals surface area (Å²) in [6, 6.07) is 5.50. The summed E-state index contributed by atoms with van der Waals surface area (Å²) in [4.78, 5) is 4.51. The predicted molar refractivity (Wildman–Crippen MR) is 74.4 cm³/mol. The smallest absolute Gasteiger partial charge is 0.148 e. The Bertz CT molecular complexity index is 380. The van der Waals surface area contributed by atoms with Crippen LogP contribution in [0.15, 0.2) is 18.2 Å². The van der Waals surface area contributed by atoms with Gasteiger partial charge in [-0.25, -0.2) is 4.39 Å². The lowest BCUT2D eigenvalue weighted by atomic mass is 10.1. The van der Waals surface area contributed by atoms with Crippen molar-refractivity contribution < 1.29 is 4.39 Å². The van der Waals surface area contributed by atoms with E-state index in [2.05, 4.69) is 23.6 Å². The summed E-state index contributed by atoms with van der Waals surface area (Å²) in [5.41, 5.74) is 6.98. The Morgan fingerprint density at radius 2 is 1.94 bits per heavy atom. The average Bonchev–Trinajstić information content (AvgIpc) is 2.38. The summed E-state index contributed by atoms with van der Waals surface area (Å²) in [7, 11) is 0. The molecule has 18 heavy (non-hydrogen) atoms. The summed E-state index contributed by atoms with van der Waals surface area (Å²) < 4.78 is 13.8. The molecule has 0 aliphatic carbocycles. The van der Waals surface area contributed by atoms with Gasteiger partial charge in [-0.2, -0.15) is 0 Å². The van der Waals surface area contributed by atoms with Gasteiger partial charge in [-0.15, -0.1) is 0 Å². The standard InChI is InChI=1S/C14H22FN3/c1-3-11(2)17-7-9-18(10-8-17)14-12(15)5-4-6-13(14)16/h4-6,11H,3,7-10,16H2,1-2H3. The van der Waals surface area contributed by atoms with Crippen LogP contribution in [0.25, 0.3) is 0 Å². The molecule has 100 valence electrons. The van der Waals surface area contributed by atoms with Gasteiger partial charge in [-0.1, -0.05) is 13.0 Å². The van der Waals surface area contributed by atoms with Crippen molar-refractivity contribution in [1.82, 2.24) is 4.90 Å². The molecule has 2 N–H and O–H groups in total. The van der Waals surface area contributed by atoms with Gasteiger partial charge in [0.2, 0.25) is 0 Å². The highest BCUT2D eigenvalue weighted by molar-refractivity contribution is 5.68. The molecule has 3 nitrogen and oxygen atoms in total. The molecule has 1 heterocycles. The summed E-state index contributed by atoms with van der Waals surface area (Å²) in [5.74, 6) is -0.216. The maximum atomic E-state index is 13.8. The largest absolute Gasteiger partial charge is 0.397 e. The van der Waals surface area contributed by atoms with Crippen LogP contribution in [-0.4, -0.2) is 37.1 Å². The third-order valence-electron chi connectivity index (χ3n) is 3.86. The van der Waals surface area contributed by atoms with Gasteiger partial charge in [0, 0.05) is 32.2 Å². The molecule has 0 spiro atoms. The molecular formula is C14H22FN3. The second-order valence-electron chi connectivity index (χ2n) is 4.96. The Morgan fingerprint density at radius 3 is 2.50 bits per heavy atom. The van der Waals surface area contributed by atoms with E-state index in [4.69, 9.17) is 5.73 Å². The molecule has 0 saturated carbocycles. The van der Waals surface area contributed by atoms with Gasteiger partial charge in [-0.05, 0) is 25.5 Å². The Balaban J connectivity index is 2.06. The van der Waals surface area contributed by atoms with Crippen molar-refractivity contribution in [3.8, 4) is 0 Å². The van der Waals surface area contributed by atoms with Crippen LogP contribution in [0.3, 0.4) is 0 Å². The molecule has 4 heteroatoms. The van der Waals surface area contributed by atoms with Crippen molar-refractivity contribution in [3.05, 3.63) is 24.0 Å². The van der Waals surface area contributed by atoms with Crippen LogP contribution in [0, 0.1) is 5.82 Å². The molecule has 0 radical (unpaired) electrons. The molecule has 1 fully saturated rings. The molecule has 2 rings (SSSR count). The van der Waals surface area contributed by atoms with Gasteiger partial charge in [0.1, 0.15) is 5.82 Å². The van der Waals surface area contributed by atoms with E-state index in [9.17, 15) is 4.39 Å². The fraction of sp³-hybridized carbons (Fsp3) is 0.571. The molecule has 0 bridgehead atoms. The number of hydrogen-bond acceptors (Lipinski definition) is 3. The summed E-state index contributed by atoms with van der Waals surface area (Å²) in [6.45, 7) is 8.08. The van der Waals surface area contributed by atoms with Crippen LogP contribution in [0.2, 0.25) is 0 Å². The van der Waals surface area contributed by atoms with Crippen molar-refractivity contribution in [1.29, 1.82) is 0 Å². The SMILES string of the molecule is CCC(C)N1CCN(c2c(N)cccc2F)CC1. The molecular weight excluding hydrogens is 229 g/mol. The van der Waals surface area contributed by atoms with Crippen LogP contribution in [0.4, 0.5) is 15.8 Å². The highest BCUT2D eigenvalue weighted by Crippen LogP contribution is 2.27. The Morgan fingerprint density at radius 1 is 1.28 bits per heavy atom. The fourth-order valence-electron chi connectivity index (χ4n) is 2.51. The number of nitrogens with two attached hydrogens (primary N) is 1. The first-order chi connectivity index (χ1) is 8.63. The van der Waals surface area contributed by atoms with Gasteiger partial charge < -0.3 is 10.6 Å². The molecule has 1 unspecified atom stereocenters. The molecule has 1 aromatic rings. The minimum atomic E-state index is -0.216. The highest BCUT2D eigenvalue weighted by atomic mass is 19.1. The van der Waals surface area contributed by atoms with Crippen LogP contribution < -0.4 is 10.6 Å². The summed E-state index contributed by atoms with van der Waals surface area (Å²) in [6.07, 6.45) is 1.15. The molecule has 1 saturated heterocycles. The van der Waals surface area contributed by atoms with E-state index < -0.39 is 0 Å². The van der Waals surface area contributed by atoms with Crippen molar-refractivity contribution in [2.45, 2.75) is 26.3 Å². The van der Waals surface area contributed by atoms with Crippen molar-refractivity contribution in [2.24, 2.45) is 0 Å². The zero-order valence-corrected chi connectivity index (χ0v) is 11.2. The number of rotatable bonds is 3.